The van der Waals surface area contributed by atoms with E-state index in [1.165, 1.54) is 12.1 Å². The fourth-order valence-corrected chi connectivity index (χ4v) is 1.05. The first kappa shape index (κ1) is 8.87. The van der Waals surface area contributed by atoms with Crippen molar-refractivity contribution in [3.05, 3.63) is 28.3 Å². The molecule has 2 N–H and O–H groups in total. The van der Waals surface area contributed by atoms with E-state index in [1.807, 2.05) is 0 Å². The second-order valence-electron chi connectivity index (χ2n) is 2.48. The number of carboxylic acids is 1. The number of carbonyl (C=O) groups is 1. The molecule has 1 aromatic rings. The van der Waals surface area contributed by atoms with Crippen LogP contribution in [0.5, 0.6) is 0 Å². The van der Waals surface area contributed by atoms with Crippen molar-refractivity contribution in [2.45, 2.75) is 6.92 Å². The first-order valence-electron chi connectivity index (χ1n) is 3.29. The molecule has 0 bridgehead atoms. The van der Waals surface area contributed by atoms with Crippen molar-refractivity contribution in [2.24, 2.45) is 0 Å². The van der Waals surface area contributed by atoms with Crippen LogP contribution in [0.15, 0.2) is 12.1 Å². The van der Waals surface area contributed by atoms with Gasteiger partial charge in [-0.25, -0.2) is 0 Å². The van der Waals surface area contributed by atoms with Crippen LogP contribution in [0.4, 0.5) is 5.69 Å². The third-order valence-corrected chi connectivity index (χ3v) is 1.96. The van der Waals surface area contributed by atoms with Gasteiger partial charge in [0.15, 0.2) is 0 Å². The normalized spacial score (nSPS) is 9.83. The Labute approximate surface area is 74.8 Å². The smallest absolute Gasteiger partial charge is 0.0736 e. The molecule has 0 amide bonds. The van der Waals surface area contributed by atoms with E-state index in [4.69, 9.17) is 17.3 Å². The molecule has 0 aliphatic heterocycles. The number of halogens is 1. The molecule has 4 heteroatoms. The van der Waals surface area contributed by atoms with Gasteiger partial charge in [0, 0.05) is 16.3 Å². The summed E-state index contributed by atoms with van der Waals surface area (Å²) >= 11 is 5.70. The second-order valence-corrected chi connectivity index (χ2v) is 2.88. The van der Waals surface area contributed by atoms with Gasteiger partial charge >= 0.3 is 0 Å². The molecule has 1 rings (SSSR count). The number of aryl methyl sites for hydroxylation is 1. The Morgan fingerprint density at radius 3 is 2.67 bits per heavy atom. The molecule has 0 spiro atoms. The van der Waals surface area contributed by atoms with E-state index in [9.17, 15) is 9.90 Å². The van der Waals surface area contributed by atoms with Gasteiger partial charge in [0.1, 0.15) is 0 Å². The lowest BCUT2D eigenvalue weighted by atomic mass is 10.1. The van der Waals surface area contributed by atoms with E-state index in [0.717, 1.165) is 0 Å². The number of carboxylic acid groups (broad SMARTS) is 1. The zero-order valence-corrected chi connectivity index (χ0v) is 7.18. The van der Waals surface area contributed by atoms with Crippen LogP contribution in [0.25, 0.3) is 0 Å². The highest BCUT2D eigenvalue weighted by atomic mass is 35.5. The van der Waals surface area contributed by atoms with Crippen molar-refractivity contribution in [3.8, 4) is 0 Å². The number of anilines is 1. The van der Waals surface area contributed by atoms with E-state index in [-0.39, 0.29) is 11.3 Å². The molecule has 0 saturated carbocycles. The summed E-state index contributed by atoms with van der Waals surface area (Å²) in [5.74, 6) is -1.28. The van der Waals surface area contributed by atoms with Crippen molar-refractivity contribution < 1.29 is 9.90 Å². The first-order valence-corrected chi connectivity index (χ1v) is 3.67. The van der Waals surface area contributed by atoms with Gasteiger partial charge in [-0.3, -0.25) is 0 Å². The van der Waals surface area contributed by atoms with Crippen molar-refractivity contribution in [2.75, 3.05) is 5.73 Å². The number of aromatic carboxylic acids is 1. The molecular formula is C8H7ClNO2-. The standard InChI is InChI=1S/C8H8ClNO2/c1-4-2-5(8(11)12)7(10)3-6(4)9/h2-3H,10H2,1H3,(H,11,12)/p-1. The predicted molar refractivity (Wildman–Crippen MR) is 44.9 cm³/mol. The molecule has 3 nitrogen and oxygen atoms in total. The summed E-state index contributed by atoms with van der Waals surface area (Å²) in [4.78, 5) is 10.5. The molecule has 0 atom stereocenters. The van der Waals surface area contributed by atoms with E-state index >= 15 is 0 Å². The van der Waals surface area contributed by atoms with Crippen LogP contribution < -0.4 is 10.8 Å². The number of benzene rings is 1. The fraction of sp³-hybridized carbons (Fsp3) is 0.125. The number of hydrogen-bond donors (Lipinski definition) is 1. The highest BCUT2D eigenvalue weighted by molar-refractivity contribution is 6.31. The summed E-state index contributed by atoms with van der Waals surface area (Å²) < 4.78 is 0. The van der Waals surface area contributed by atoms with Gasteiger partial charge in [-0.15, -0.1) is 0 Å². The van der Waals surface area contributed by atoms with Gasteiger partial charge in [0.25, 0.3) is 0 Å². The summed E-state index contributed by atoms with van der Waals surface area (Å²) in [5, 5.41) is 10.9. The minimum Gasteiger partial charge on any atom is -0.545 e. The number of nitrogens with two attached hydrogens (primary N) is 1. The minimum atomic E-state index is -1.28. The molecule has 12 heavy (non-hydrogen) atoms. The summed E-state index contributed by atoms with van der Waals surface area (Å²) in [6.07, 6.45) is 0. The topological polar surface area (TPSA) is 66.1 Å². The van der Waals surface area contributed by atoms with Crippen LogP contribution >= 0.6 is 11.6 Å². The number of hydrogen-bond acceptors (Lipinski definition) is 3. The van der Waals surface area contributed by atoms with E-state index in [1.54, 1.807) is 6.92 Å². The molecule has 0 aromatic heterocycles. The molecule has 0 radical (unpaired) electrons. The van der Waals surface area contributed by atoms with Crippen LogP contribution in [0, 0.1) is 6.92 Å². The van der Waals surface area contributed by atoms with E-state index in [0.29, 0.717) is 10.6 Å². The van der Waals surface area contributed by atoms with E-state index in [2.05, 4.69) is 0 Å². The molecule has 1 aromatic carbocycles. The minimum absolute atomic E-state index is 0.0168. The second kappa shape index (κ2) is 3.03. The maximum Gasteiger partial charge on any atom is 0.0736 e. The van der Waals surface area contributed by atoms with Gasteiger partial charge in [0.2, 0.25) is 0 Å². The summed E-state index contributed by atoms with van der Waals surface area (Å²) in [6, 6.07) is 2.80. The molecule has 0 unspecified atom stereocenters. The highest BCUT2D eigenvalue weighted by Crippen LogP contribution is 2.21. The Kier molecular flexibility index (Phi) is 2.24. The Bertz CT molecular complexity index is 336. The average molecular weight is 185 g/mol. The average Bonchev–Trinajstić information content (AvgIpc) is 1.96. The summed E-state index contributed by atoms with van der Waals surface area (Å²) in [5.41, 5.74) is 6.17. The molecule has 0 aliphatic rings. The highest BCUT2D eigenvalue weighted by Gasteiger charge is 2.03. The SMILES string of the molecule is Cc1cc(C(=O)[O-])c(N)cc1Cl. The summed E-state index contributed by atoms with van der Waals surface area (Å²) in [6.45, 7) is 1.70. The zero-order valence-electron chi connectivity index (χ0n) is 6.43. The Balaban J connectivity index is 3.33. The van der Waals surface area contributed by atoms with E-state index < -0.39 is 5.97 Å². The molecule has 64 valence electrons. The lowest BCUT2D eigenvalue weighted by molar-refractivity contribution is -0.254. The number of rotatable bonds is 1. The molecule has 0 fully saturated rings. The number of nitrogen functional groups attached to an aromatic ring is 1. The molecule has 0 aliphatic carbocycles. The maximum absolute atomic E-state index is 10.5. The van der Waals surface area contributed by atoms with Gasteiger partial charge in [-0.2, -0.15) is 0 Å². The monoisotopic (exact) mass is 184 g/mol. The Morgan fingerprint density at radius 1 is 1.58 bits per heavy atom. The summed E-state index contributed by atoms with van der Waals surface area (Å²) in [7, 11) is 0. The first-order chi connectivity index (χ1) is 5.52. The third-order valence-electron chi connectivity index (χ3n) is 1.55. The number of carbonyl (C=O) groups excluding carboxylic acids is 1. The lowest BCUT2D eigenvalue weighted by Crippen LogP contribution is -2.23. The zero-order chi connectivity index (χ0) is 9.30. The van der Waals surface area contributed by atoms with Crippen LogP contribution in [0.1, 0.15) is 15.9 Å². The van der Waals surface area contributed by atoms with Crippen molar-refractivity contribution >= 4 is 23.3 Å². The Hall–Kier alpha value is -1.22. The van der Waals surface area contributed by atoms with Crippen LogP contribution in [0.3, 0.4) is 0 Å². The van der Waals surface area contributed by atoms with Gasteiger partial charge < -0.3 is 15.6 Å². The molecule has 0 heterocycles. The molecule has 0 saturated heterocycles. The largest absolute Gasteiger partial charge is 0.545 e. The fourth-order valence-electron chi connectivity index (χ4n) is 0.874. The van der Waals surface area contributed by atoms with Crippen molar-refractivity contribution in [3.63, 3.8) is 0 Å². The van der Waals surface area contributed by atoms with Crippen LogP contribution in [0.2, 0.25) is 5.02 Å². The lowest BCUT2D eigenvalue weighted by Gasteiger charge is -2.08. The predicted octanol–water partition coefficient (Wildman–Crippen LogP) is 0.594. The quantitative estimate of drug-likeness (QED) is 0.650. The maximum atomic E-state index is 10.5. The van der Waals surface area contributed by atoms with Gasteiger partial charge in [0.05, 0.1) is 5.97 Å². The van der Waals surface area contributed by atoms with Crippen molar-refractivity contribution in [1.29, 1.82) is 0 Å². The van der Waals surface area contributed by atoms with Crippen LogP contribution in [-0.4, -0.2) is 5.97 Å². The van der Waals surface area contributed by atoms with Gasteiger partial charge in [-0.05, 0) is 24.6 Å². The van der Waals surface area contributed by atoms with Crippen molar-refractivity contribution in [1.82, 2.24) is 0 Å². The van der Waals surface area contributed by atoms with Gasteiger partial charge in [-0.1, -0.05) is 11.6 Å². The Morgan fingerprint density at radius 2 is 2.17 bits per heavy atom. The third kappa shape index (κ3) is 1.51. The van der Waals surface area contributed by atoms with Crippen LogP contribution in [-0.2, 0) is 0 Å². The molecular weight excluding hydrogens is 178 g/mol.